The molecule has 0 radical (unpaired) electrons. The standard InChI is InChI=1S/C18H29N5O2.ClH/c1-4-8-23-14(3)17(13(2)20-23)18(25)21-9-5-6-15(12-21)22-10-7-19-11-16(22)24;/h15,19H,4-12H2,1-3H3;1H. The van der Waals surface area contributed by atoms with Crippen LogP contribution in [0.25, 0.3) is 0 Å². The van der Waals surface area contributed by atoms with Gasteiger partial charge in [0.15, 0.2) is 0 Å². The van der Waals surface area contributed by atoms with Crippen LogP contribution < -0.4 is 5.32 Å². The lowest BCUT2D eigenvalue weighted by Gasteiger charge is -2.41. The van der Waals surface area contributed by atoms with E-state index >= 15 is 0 Å². The molecule has 0 aliphatic carbocycles. The van der Waals surface area contributed by atoms with E-state index in [4.69, 9.17) is 0 Å². The summed E-state index contributed by atoms with van der Waals surface area (Å²) < 4.78 is 1.93. The van der Waals surface area contributed by atoms with Crippen LogP contribution in [0.5, 0.6) is 0 Å². The number of piperazine rings is 1. The quantitative estimate of drug-likeness (QED) is 0.852. The number of likely N-dealkylation sites (tertiary alicyclic amines) is 1. The molecule has 1 atom stereocenters. The van der Waals surface area contributed by atoms with E-state index in [0.29, 0.717) is 13.1 Å². The normalized spacial score (nSPS) is 20.9. The molecule has 3 heterocycles. The second kappa shape index (κ2) is 8.86. The second-order valence-electron chi connectivity index (χ2n) is 7.08. The molecule has 1 aromatic rings. The lowest BCUT2D eigenvalue weighted by molar-refractivity contribution is -0.135. The number of amides is 2. The van der Waals surface area contributed by atoms with Gasteiger partial charge in [0, 0.05) is 44.5 Å². The highest BCUT2D eigenvalue weighted by atomic mass is 35.5. The third-order valence-corrected chi connectivity index (χ3v) is 5.28. The van der Waals surface area contributed by atoms with Gasteiger partial charge >= 0.3 is 0 Å². The fraction of sp³-hybridized carbons (Fsp3) is 0.722. The van der Waals surface area contributed by atoms with Gasteiger partial charge in [-0.1, -0.05) is 6.92 Å². The maximum absolute atomic E-state index is 13.1. The van der Waals surface area contributed by atoms with Crippen LogP contribution in [0, 0.1) is 13.8 Å². The van der Waals surface area contributed by atoms with Gasteiger partial charge in [-0.25, -0.2) is 0 Å². The number of piperidine rings is 1. The van der Waals surface area contributed by atoms with Crippen LogP contribution >= 0.6 is 12.4 Å². The van der Waals surface area contributed by atoms with Crippen molar-refractivity contribution in [1.29, 1.82) is 0 Å². The molecule has 2 aliphatic rings. The third kappa shape index (κ3) is 4.04. The van der Waals surface area contributed by atoms with Gasteiger partial charge in [-0.2, -0.15) is 5.10 Å². The van der Waals surface area contributed by atoms with E-state index in [1.807, 2.05) is 28.3 Å². The predicted molar refractivity (Wildman–Crippen MR) is 103 cm³/mol. The van der Waals surface area contributed by atoms with E-state index in [1.54, 1.807) is 0 Å². The number of halogens is 1. The molecule has 7 nitrogen and oxygen atoms in total. The van der Waals surface area contributed by atoms with Gasteiger partial charge < -0.3 is 15.1 Å². The van der Waals surface area contributed by atoms with E-state index in [1.165, 1.54) is 0 Å². The molecular weight excluding hydrogens is 354 g/mol. The minimum atomic E-state index is 0. The molecule has 1 unspecified atom stereocenters. The van der Waals surface area contributed by atoms with Crippen molar-refractivity contribution in [3.63, 3.8) is 0 Å². The number of nitrogens with one attached hydrogen (secondary N) is 1. The number of carbonyl (C=O) groups excluding carboxylic acids is 2. The highest BCUT2D eigenvalue weighted by Crippen LogP contribution is 2.22. The zero-order valence-electron chi connectivity index (χ0n) is 16.0. The summed E-state index contributed by atoms with van der Waals surface area (Å²) in [6, 6.07) is 0.138. The molecule has 0 bridgehead atoms. The van der Waals surface area contributed by atoms with Crippen molar-refractivity contribution >= 4 is 24.2 Å². The van der Waals surface area contributed by atoms with Crippen LogP contribution in [-0.4, -0.2) is 70.2 Å². The SMILES string of the molecule is CCCn1nc(C)c(C(=O)N2CCCC(N3CCNCC3=O)C2)c1C.Cl. The van der Waals surface area contributed by atoms with Gasteiger partial charge in [0.1, 0.15) is 0 Å². The summed E-state index contributed by atoms with van der Waals surface area (Å²) in [6.07, 6.45) is 2.91. The summed E-state index contributed by atoms with van der Waals surface area (Å²) in [5.74, 6) is 0.207. The van der Waals surface area contributed by atoms with Crippen molar-refractivity contribution < 1.29 is 9.59 Å². The first-order valence-corrected chi connectivity index (χ1v) is 9.36. The molecule has 0 saturated carbocycles. The van der Waals surface area contributed by atoms with E-state index < -0.39 is 0 Å². The molecule has 2 amide bonds. The number of nitrogens with zero attached hydrogens (tertiary/aromatic N) is 4. The first-order chi connectivity index (χ1) is 12.0. The summed E-state index contributed by atoms with van der Waals surface area (Å²) in [7, 11) is 0. The Bertz CT molecular complexity index is 660. The van der Waals surface area contributed by atoms with Gasteiger partial charge in [0.05, 0.1) is 17.8 Å². The lowest BCUT2D eigenvalue weighted by Crippen LogP contribution is -2.57. The van der Waals surface area contributed by atoms with Gasteiger partial charge in [-0.15, -0.1) is 12.4 Å². The summed E-state index contributed by atoms with van der Waals surface area (Å²) in [6.45, 7) is 10.2. The second-order valence-corrected chi connectivity index (χ2v) is 7.08. The molecule has 0 spiro atoms. The Kier molecular flexibility index (Phi) is 7.06. The Morgan fingerprint density at radius 2 is 2.08 bits per heavy atom. The van der Waals surface area contributed by atoms with Crippen LogP contribution in [0.2, 0.25) is 0 Å². The molecule has 2 fully saturated rings. The average molecular weight is 384 g/mol. The van der Waals surface area contributed by atoms with E-state index in [-0.39, 0.29) is 30.3 Å². The van der Waals surface area contributed by atoms with Crippen molar-refractivity contribution in [2.24, 2.45) is 0 Å². The molecule has 8 heteroatoms. The van der Waals surface area contributed by atoms with Crippen molar-refractivity contribution in [2.45, 2.75) is 52.6 Å². The smallest absolute Gasteiger partial charge is 0.257 e. The summed E-state index contributed by atoms with van der Waals surface area (Å²) >= 11 is 0. The van der Waals surface area contributed by atoms with Crippen molar-refractivity contribution in [1.82, 2.24) is 24.9 Å². The predicted octanol–water partition coefficient (Wildman–Crippen LogP) is 1.37. The Morgan fingerprint density at radius 3 is 2.77 bits per heavy atom. The zero-order valence-corrected chi connectivity index (χ0v) is 16.8. The van der Waals surface area contributed by atoms with E-state index in [2.05, 4.69) is 17.3 Å². The Hall–Kier alpha value is -1.60. The highest BCUT2D eigenvalue weighted by Gasteiger charge is 2.33. The third-order valence-electron chi connectivity index (χ3n) is 5.28. The Morgan fingerprint density at radius 1 is 1.31 bits per heavy atom. The number of aromatic nitrogens is 2. The van der Waals surface area contributed by atoms with Crippen LogP contribution in [-0.2, 0) is 11.3 Å². The van der Waals surface area contributed by atoms with Crippen molar-refractivity contribution in [3.8, 4) is 0 Å². The first-order valence-electron chi connectivity index (χ1n) is 9.36. The van der Waals surface area contributed by atoms with E-state index in [9.17, 15) is 9.59 Å². The molecule has 0 aromatic carbocycles. The minimum Gasteiger partial charge on any atom is -0.336 e. The Balaban J connectivity index is 0.00000243. The minimum absolute atomic E-state index is 0. The van der Waals surface area contributed by atoms with Crippen LogP contribution in [0.3, 0.4) is 0 Å². The fourth-order valence-corrected chi connectivity index (χ4v) is 3.99. The molecule has 26 heavy (non-hydrogen) atoms. The monoisotopic (exact) mass is 383 g/mol. The number of hydrogen-bond acceptors (Lipinski definition) is 4. The van der Waals surface area contributed by atoms with Crippen LogP contribution in [0.4, 0.5) is 0 Å². The highest BCUT2D eigenvalue weighted by molar-refractivity contribution is 5.96. The topological polar surface area (TPSA) is 70.5 Å². The van der Waals surface area contributed by atoms with Crippen LogP contribution in [0.1, 0.15) is 47.9 Å². The molecular formula is C18H30ClN5O2. The fourth-order valence-electron chi connectivity index (χ4n) is 3.99. The molecule has 146 valence electrons. The van der Waals surface area contributed by atoms with Crippen molar-refractivity contribution in [2.75, 3.05) is 32.7 Å². The van der Waals surface area contributed by atoms with Crippen LogP contribution in [0.15, 0.2) is 0 Å². The van der Waals surface area contributed by atoms with E-state index in [0.717, 1.165) is 62.4 Å². The van der Waals surface area contributed by atoms with Crippen molar-refractivity contribution in [3.05, 3.63) is 17.0 Å². The number of rotatable bonds is 4. The molecule has 1 N–H and O–H groups in total. The first kappa shape index (κ1) is 20.7. The average Bonchev–Trinajstić information content (AvgIpc) is 2.89. The Labute approximate surface area is 161 Å². The maximum Gasteiger partial charge on any atom is 0.257 e. The molecule has 1 aromatic heterocycles. The summed E-state index contributed by atoms with van der Waals surface area (Å²) in [4.78, 5) is 29.2. The number of carbonyl (C=O) groups is 2. The largest absolute Gasteiger partial charge is 0.336 e. The maximum atomic E-state index is 13.1. The summed E-state index contributed by atoms with van der Waals surface area (Å²) in [5, 5.41) is 7.64. The van der Waals surface area contributed by atoms with Gasteiger partial charge in [-0.05, 0) is 33.1 Å². The van der Waals surface area contributed by atoms with Gasteiger partial charge in [0.25, 0.3) is 5.91 Å². The summed E-state index contributed by atoms with van der Waals surface area (Å²) in [5.41, 5.74) is 2.49. The van der Waals surface area contributed by atoms with Gasteiger partial charge in [0.2, 0.25) is 5.91 Å². The number of hydrogen-bond donors (Lipinski definition) is 1. The lowest BCUT2D eigenvalue weighted by atomic mass is 10.0. The molecule has 2 saturated heterocycles. The molecule has 3 rings (SSSR count). The van der Waals surface area contributed by atoms with Gasteiger partial charge in [-0.3, -0.25) is 14.3 Å². The molecule has 2 aliphatic heterocycles. The number of aryl methyl sites for hydroxylation is 2. The zero-order chi connectivity index (χ0) is 18.0.